The predicted molar refractivity (Wildman–Crippen MR) is 131 cm³/mol. The van der Waals surface area contributed by atoms with Gasteiger partial charge in [-0.3, -0.25) is 9.59 Å². The molecule has 0 saturated carbocycles. The summed E-state index contributed by atoms with van der Waals surface area (Å²) in [5.74, 6) is -0.628. The average molecular weight is 446 g/mol. The van der Waals surface area contributed by atoms with E-state index in [0.29, 0.717) is 12.1 Å². The summed E-state index contributed by atoms with van der Waals surface area (Å²) < 4.78 is 0. The van der Waals surface area contributed by atoms with Crippen LogP contribution >= 0.6 is 11.3 Å². The lowest BCUT2D eigenvalue weighted by molar-refractivity contribution is -0.117. The molecule has 0 unspecified atom stereocenters. The average Bonchev–Trinajstić information content (AvgIpc) is 3.37. The number of anilines is 1. The van der Waals surface area contributed by atoms with Crippen molar-refractivity contribution in [3.63, 3.8) is 0 Å². The highest BCUT2D eigenvalue weighted by molar-refractivity contribution is 7.10. The van der Waals surface area contributed by atoms with E-state index in [1.807, 2.05) is 23.6 Å². The van der Waals surface area contributed by atoms with Crippen LogP contribution in [0.3, 0.4) is 0 Å². The maximum Gasteiger partial charge on any atom is 0.268 e. The largest absolute Gasteiger partial charge is 0.372 e. The zero-order valence-electron chi connectivity index (χ0n) is 17.9. The number of hydrogen-bond acceptors (Lipinski definition) is 4. The highest BCUT2D eigenvalue weighted by atomic mass is 32.1. The lowest BCUT2D eigenvalue weighted by Crippen LogP contribution is -2.34. The van der Waals surface area contributed by atoms with Gasteiger partial charge in [-0.15, -0.1) is 11.3 Å². The monoisotopic (exact) mass is 445 g/mol. The Kier molecular flexibility index (Phi) is 7.35. The van der Waals surface area contributed by atoms with Crippen LogP contribution < -0.4 is 15.5 Å². The molecule has 1 aromatic heterocycles. The maximum absolute atomic E-state index is 12.9. The van der Waals surface area contributed by atoms with Crippen molar-refractivity contribution in [2.75, 3.05) is 18.0 Å². The maximum atomic E-state index is 12.9. The van der Waals surface area contributed by atoms with E-state index in [1.165, 1.54) is 36.3 Å². The van der Waals surface area contributed by atoms with Crippen LogP contribution in [0.15, 0.2) is 77.8 Å². The first-order valence-corrected chi connectivity index (χ1v) is 11.8. The Morgan fingerprint density at radius 3 is 2.34 bits per heavy atom. The third-order valence-electron chi connectivity index (χ3n) is 5.47. The van der Waals surface area contributed by atoms with Crippen molar-refractivity contribution in [1.29, 1.82) is 0 Å². The number of carbonyl (C=O) groups is 2. The summed E-state index contributed by atoms with van der Waals surface area (Å²) >= 11 is 1.51. The lowest BCUT2D eigenvalue weighted by Gasteiger charge is -2.28. The summed E-state index contributed by atoms with van der Waals surface area (Å²) in [6.07, 6.45) is 5.50. The van der Waals surface area contributed by atoms with Crippen LogP contribution in [0.4, 0.5) is 5.69 Å². The third kappa shape index (κ3) is 5.86. The molecule has 0 spiro atoms. The fraction of sp³-hybridized carbons (Fsp3) is 0.231. The van der Waals surface area contributed by atoms with E-state index < -0.39 is 0 Å². The highest BCUT2D eigenvalue weighted by Crippen LogP contribution is 2.20. The molecule has 164 valence electrons. The number of hydrogen-bond donors (Lipinski definition) is 2. The number of piperidine rings is 1. The molecule has 0 bridgehead atoms. The number of nitrogens with one attached hydrogen (secondary N) is 2. The van der Waals surface area contributed by atoms with Crippen LogP contribution in [0, 0.1) is 0 Å². The number of thiophene rings is 1. The zero-order valence-corrected chi connectivity index (χ0v) is 18.7. The second kappa shape index (κ2) is 10.8. The van der Waals surface area contributed by atoms with Gasteiger partial charge in [0, 0.05) is 35.8 Å². The van der Waals surface area contributed by atoms with Gasteiger partial charge in [0.1, 0.15) is 5.70 Å². The molecule has 0 aliphatic carbocycles. The fourth-order valence-corrected chi connectivity index (χ4v) is 4.37. The number of rotatable bonds is 7. The molecule has 0 atom stereocenters. The standard InChI is InChI=1S/C26H27N3O2S/c30-25(21-8-3-1-4-9-21)28-24(18-23-10-7-17-32-23)26(31)27-19-20-11-13-22(14-12-20)29-15-5-2-6-16-29/h1,3-4,7-14,17-18H,2,5-6,15-16,19H2,(H,27,31)(H,28,30)/b24-18-. The molecule has 32 heavy (non-hydrogen) atoms. The third-order valence-corrected chi connectivity index (χ3v) is 6.29. The molecular weight excluding hydrogens is 418 g/mol. The van der Waals surface area contributed by atoms with E-state index in [4.69, 9.17) is 0 Å². The first-order chi connectivity index (χ1) is 15.7. The molecular formula is C26H27N3O2S. The first kappa shape index (κ1) is 21.8. The zero-order chi connectivity index (χ0) is 22.2. The molecule has 2 aromatic carbocycles. The molecule has 1 aliphatic heterocycles. The Morgan fingerprint density at radius 1 is 0.906 bits per heavy atom. The Labute approximate surface area is 192 Å². The SMILES string of the molecule is O=C(NCc1ccc(N2CCCCC2)cc1)/C(=C/c1cccs1)NC(=O)c1ccccc1. The van der Waals surface area contributed by atoms with Crippen LogP contribution in [-0.2, 0) is 11.3 Å². The quantitative estimate of drug-likeness (QED) is 0.512. The lowest BCUT2D eigenvalue weighted by atomic mass is 10.1. The van der Waals surface area contributed by atoms with Gasteiger partial charge in [-0.25, -0.2) is 0 Å². The van der Waals surface area contributed by atoms with E-state index in [1.54, 1.807) is 30.3 Å². The highest BCUT2D eigenvalue weighted by Gasteiger charge is 2.15. The minimum Gasteiger partial charge on any atom is -0.372 e. The second-order valence-electron chi connectivity index (χ2n) is 7.79. The summed E-state index contributed by atoms with van der Waals surface area (Å²) in [5, 5.41) is 7.64. The van der Waals surface area contributed by atoms with Crippen molar-refractivity contribution in [1.82, 2.24) is 10.6 Å². The molecule has 1 aliphatic rings. The molecule has 1 saturated heterocycles. The second-order valence-corrected chi connectivity index (χ2v) is 8.77. The minimum absolute atomic E-state index is 0.228. The van der Waals surface area contributed by atoms with Gasteiger partial charge in [0.05, 0.1) is 0 Å². The van der Waals surface area contributed by atoms with Crippen molar-refractivity contribution in [3.8, 4) is 0 Å². The Bertz CT molecular complexity index is 1050. The van der Waals surface area contributed by atoms with E-state index in [2.05, 4.69) is 39.8 Å². The minimum atomic E-state index is -0.317. The van der Waals surface area contributed by atoms with E-state index in [9.17, 15) is 9.59 Å². The molecule has 2 N–H and O–H groups in total. The van der Waals surface area contributed by atoms with E-state index >= 15 is 0 Å². The van der Waals surface area contributed by atoms with Gasteiger partial charge in [-0.05, 0) is 66.6 Å². The molecule has 2 heterocycles. The summed E-state index contributed by atoms with van der Waals surface area (Å²) in [6.45, 7) is 2.60. The first-order valence-electron chi connectivity index (χ1n) is 10.9. The van der Waals surface area contributed by atoms with Gasteiger partial charge in [0.15, 0.2) is 0 Å². The topological polar surface area (TPSA) is 61.4 Å². The normalized spacial score (nSPS) is 14.1. The van der Waals surface area contributed by atoms with Crippen LogP contribution in [0.2, 0.25) is 0 Å². The number of carbonyl (C=O) groups excluding carboxylic acids is 2. The molecule has 4 rings (SSSR count). The number of benzene rings is 2. The molecule has 0 radical (unpaired) electrons. The molecule has 3 aromatic rings. The van der Waals surface area contributed by atoms with Crippen LogP contribution in [0.1, 0.15) is 40.1 Å². The van der Waals surface area contributed by atoms with E-state index in [-0.39, 0.29) is 17.5 Å². The van der Waals surface area contributed by atoms with Crippen LogP contribution in [0.5, 0.6) is 0 Å². The van der Waals surface area contributed by atoms with Crippen molar-refractivity contribution < 1.29 is 9.59 Å². The van der Waals surface area contributed by atoms with Crippen molar-refractivity contribution in [2.45, 2.75) is 25.8 Å². The van der Waals surface area contributed by atoms with Crippen molar-refractivity contribution in [3.05, 3.63) is 93.8 Å². The van der Waals surface area contributed by atoms with Gasteiger partial charge in [-0.2, -0.15) is 0 Å². The fourth-order valence-electron chi connectivity index (χ4n) is 3.71. The van der Waals surface area contributed by atoms with Crippen molar-refractivity contribution in [2.24, 2.45) is 0 Å². The molecule has 1 fully saturated rings. The van der Waals surface area contributed by atoms with Gasteiger partial charge in [0.2, 0.25) is 0 Å². The number of amides is 2. The molecule has 2 amide bonds. The van der Waals surface area contributed by atoms with Crippen LogP contribution in [0.25, 0.3) is 6.08 Å². The summed E-state index contributed by atoms with van der Waals surface area (Å²) in [4.78, 5) is 28.9. The molecule has 5 nitrogen and oxygen atoms in total. The smallest absolute Gasteiger partial charge is 0.268 e. The summed E-state index contributed by atoms with van der Waals surface area (Å²) in [7, 11) is 0. The van der Waals surface area contributed by atoms with Gasteiger partial charge >= 0.3 is 0 Å². The van der Waals surface area contributed by atoms with Gasteiger partial charge < -0.3 is 15.5 Å². The van der Waals surface area contributed by atoms with Gasteiger partial charge in [-0.1, -0.05) is 36.4 Å². The molecule has 6 heteroatoms. The van der Waals surface area contributed by atoms with Crippen LogP contribution in [-0.4, -0.2) is 24.9 Å². The van der Waals surface area contributed by atoms with E-state index in [0.717, 1.165) is 23.5 Å². The van der Waals surface area contributed by atoms with Crippen molar-refractivity contribution >= 4 is 34.9 Å². The predicted octanol–water partition coefficient (Wildman–Crippen LogP) is 4.83. The summed E-state index contributed by atoms with van der Waals surface area (Å²) in [5.41, 5.74) is 2.98. The van der Waals surface area contributed by atoms with Gasteiger partial charge in [0.25, 0.3) is 11.8 Å². The number of nitrogens with zero attached hydrogens (tertiary/aromatic N) is 1. The summed E-state index contributed by atoms with van der Waals surface area (Å²) in [6, 6.07) is 21.0. The Morgan fingerprint density at radius 2 is 1.66 bits per heavy atom. The Hall–Kier alpha value is -3.38. The Balaban J connectivity index is 1.41.